The number of ketones is 1. The predicted molar refractivity (Wildman–Crippen MR) is 132 cm³/mol. The number of aromatic nitrogens is 1. The molecule has 0 unspecified atom stereocenters. The van der Waals surface area contributed by atoms with Crippen LogP contribution < -0.4 is 24.3 Å². The Hall–Kier alpha value is -4.13. The zero-order chi connectivity index (χ0) is 23.9. The number of pyridine rings is 1. The molecule has 1 saturated heterocycles. The highest BCUT2D eigenvalue weighted by atomic mass is 19.1. The number of hydrogen-bond donors (Lipinski definition) is 0. The van der Waals surface area contributed by atoms with E-state index in [-0.39, 0.29) is 18.4 Å². The van der Waals surface area contributed by atoms with E-state index < -0.39 is 0 Å². The Bertz CT molecular complexity index is 1410. The number of benzene rings is 3. The van der Waals surface area contributed by atoms with Crippen molar-refractivity contribution in [2.75, 3.05) is 42.8 Å². The smallest absolute Gasteiger partial charge is 0.231 e. The van der Waals surface area contributed by atoms with E-state index in [2.05, 4.69) is 14.8 Å². The Labute approximate surface area is 202 Å². The summed E-state index contributed by atoms with van der Waals surface area (Å²) in [6, 6.07) is 18.1. The highest BCUT2D eigenvalue weighted by Crippen LogP contribution is 2.40. The SMILES string of the molecule is Cc1ccc(C(=O)c2c[nH+]c3cc4c(cc3c2N2CCN(c3ccc(F)cc3)CC2)OCO4)cc1. The van der Waals surface area contributed by atoms with Crippen LogP contribution in [0, 0.1) is 12.7 Å². The first-order valence-corrected chi connectivity index (χ1v) is 11.7. The third kappa shape index (κ3) is 3.93. The van der Waals surface area contributed by atoms with Crippen molar-refractivity contribution in [3.63, 3.8) is 0 Å². The number of fused-ring (bicyclic) bond motifs is 2. The second kappa shape index (κ2) is 8.58. The molecule has 3 heterocycles. The minimum absolute atomic E-state index is 0.0308. The lowest BCUT2D eigenvalue weighted by molar-refractivity contribution is -0.344. The van der Waals surface area contributed by atoms with Gasteiger partial charge in [0.15, 0.2) is 17.7 Å². The van der Waals surface area contributed by atoms with Gasteiger partial charge in [0, 0.05) is 43.5 Å². The van der Waals surface area contributed by atoms with Gasteiger partial charge in [0.1, 0.15) is 11.4 Å². The molecule has 0 bridgehead atoms. The zero-order valence-electron chi connectivity index (χ0n) is 19.4. The van der Waals surface area contributed by atoms with Crippen LogP contribution in [0.4, 0.5) is 15.8 Å². The summed E-state index contributed by atoms with van der Waals surface area (Å²) in [6.45, 7) is 5.15. The largest absolute Gasteiger partial charge is 0.454 e. The summed E-state index contributed by atoms with van der Waals surface area (Å²) in [7, 11) is 0. The Balaban J connectivity index is 1.40. The summed E-state index contributed by atoms with van der Waals surface area (Å²) in [5.74, 6) is 1.10. The van der Waals surface area contributed by atoms with Crippen LogP contribution in [0.5, 0.6) is 11.5 Å². The summed E-state index contributed by atoms with van der Waals surface area (Å²) < 4.78 is 24.6. The van der Waals surface area contributed by atoms with E-state index in [1.807, 2.05) is 55.5 Å². The van der Waals surface area contributed by atoms with Crippen molar-refractivity contribution in [3.8, 4) is 11.5 Å². The van der Waals surface area contributed by atoms with Gasteiger partial charge in [0.05, 0.1) is 17.1 Å². The minimum atomic E-state index is -0.239. The maximum atomic E-state index is 13.7. The van der Waals surface area contributed by atoms with Crippen molar-refractivity contribution in [2.24, 2.45) is 0 Å². The summed E-state index contributed by atoms with van der Waals surface area (Å²) in [4.78, 5) is 21.5. The fraction of sp³-hybridized carbons (Fsp3) is 0.214. The summed E-state index contributed by atoms with van der Waals surface area (Å²) in [6.07, 6.45) is 1.80. The number of nitrogens with zero attached hydrogens (tertiary/aromatic N) is 2. The van der Waals surface area contributed by atoms with Gasteiger partial charge in [-0.1, -0.05) is 29.8 Å². The number of piperazine rings is 1. The molecule has 0 spiro atoms. The molecule has 35 heavy (non-hydrogen) atoms. The highest BCUT2D eigenvalue weighted by Gasteiger charge is 2.29. The predicted octanol–water partition coefficient (Wildman–Crippen LogP) is 4.39. The van der Waals surface area contributed by atoms with Gasteiger partial charge >= 0.3 is 0 Å². The van der Waals surface area contributed by atoms with Gasteiger partial charge in [0.25, 0.3) is 0 Å². The first-order chi connectivity index (χ1) is 17.1. The first-order valence-electron chi connectivity index (χ1n) is 11.7. The number of hydrogen-bond acceptors (Lipinski definition) is 5. The van der Waals surface area contributed by atoms with Crippen molar-refractivity contribution in [1.29, 1.82) is 0 Å². The van der Waals surface area contributed by atoms with Crippen LogP contribution >= 0.6 is 0 Å². The molecule has 1 fully saturated rings. The standard InChI is InChI=1S/C28H24FN3O3/c1-18-2-4-19(5-3-18)28(33)23-16-30-24-15-26-25(34-17-35-26)14-22(24)27(23)32-12-10-31(11-13-32)21-8-6-20(29)7-9-21/h2-9,14-16H,10-13,17H2,1H3/p+1. The second-order valence-electron chi connectivity index (χ2n) is 8.95. The molecular formula is C28H25FN3O3+. The molecule has 0 saturated carbocycles. The number of aryl methyl sites for hydroxylation is 1. The van der Waals surface area contributed by atoms with E-state index in [0.717, 1.165) is 54.0 Å². The molecule has 0 atom stereocenters. The topological polar surface area (TPSA) is 56.2 Å². The fourth-order valence-corrected chi connectivity index (χ4v) is 4.84. The number of anilines is 2. The number of nitrogens with one attached hydrogen (secondary N) is 1. The lowest BCUT2D eigenvalue weighted by Gasteiger charge is -2.38. The van der Waals surface area contributed by atoms with Gasteiger partial charge in [-0.3, -0.25) is 4.79 Å². The molecule has 6 nitrogen and oxygen atoms in total. The van der Waals surface area contributed by atoms with E-state index in [1.165, 1.54) is 12.1 Å². The fourth-order valence-electron chi connectivity index (χ4n) is 4.84. The summed E-state index contributed by atoms with van der Waals surface area (Å²) in [5, 5.41) is 0.919. The molecule has 1 N–H and O–H groups in total. The van der Waals surface area contributed by atoms with Crippen LogP contribution in [0.25, 0.3) is 10.9 Å². The lowest BCUT2D eigenvalue weighted by Crippen LogP contribution is -2.47. The van der Waals surface area contributed by atoms with Crippen LogP contribution in [0.15, 0.2) is 66.9 Å². The van der Waals surface area contributed by atoms with Crippen LogP contribution in [0.2, 0.25) is 0 Å². The molecule has 2 aliphatic heterocycles. The van der Waals surface area contributed by atoms with Crippen LogP contribution in [-0.4, -0.2) is 38.8 Å². The van der Waals surface area contributed by atoms with Gasteiger partial charge in [-0.15, -0.1) is 0 Å². The lowest BCUT2D eigenvalue weighted by atomic mass is 9.98. The molecule has 0 radical (unpaired) electrons. The Morgan fingerprint density at radius 1 is 0.886 bits per heavy atom. The van der Waals surface area contributed by atoms with Gasteiger partial charge in [0.2, 0.25) is 18.1 Å². The van der Waals surface area contributed by atoms with Gasteiger partial charge < -0.3 is 19.3 Å². The first kappa shape index (κ1) is 21.4. The maximum absolute atomic E-state index is 13.7. The Morgan fingerprint density at radius 2 is 1.54 bits per heavy atom. The molecular weight excluding hydrogens is 445 g/mol. The Kier molecular flexibility index (Phi) is 5.25. The average molecular weight is 471 g/mol. The zero-order valence-corrected chi connectivity index (χ0v) is 19.4. The number of ether oxygens (including phenoxy) is 2. The van der Waals surface area contributed by atoms with E-state index in [9.17, 15) is 9.18 Å². The van der Waals surface area contributed by atoms with Gasteiger partial charge in [-0.25, -0.2) is 9.37 Å². The third-order valence-electron chi connectivity index (χ3n) is 6.74. The van der Waals surface area contributed by atoms with E-state index in [1.54, 1.807) is 6.20 Å². The van der Waals surface area contributed by atoms with E-state index in [0.29, 0.717) is 22.6 Å². The van der Waals surface area contributed by atoms with E-state index in [4.69, 9.17) is 9.47 Å². The molecule has 176 valence electrons. The maximum Gasteiger partial charge on any atom is 0.231 e. The van der Waals surface area contributed by atoms with Crippen molar-refractivity contribution in [2.45, 2.75) is 6.92 Å². The van der Waals surface area contributed by atoms with Gasteiger partial charge in [-0.2, -0.15) is 0 Å². The van der Waals surface area contributed by atoms with E-state index >= 15 is 0 Å². The van der Waals surface area contributed by atoms with Gasteiger partial charge in [-0.05, 0) is 31.2 Å². The average Bonchev–Trinajstić information content (AvgIpc) is 3.35. The monoisotopic (exact) mass is 470 g/mol. The molecule has 3 aromatic carbocycles. The number of carbonyl (C=O) groups is 1. The number of rotatable bonds is 4. The Morgan fingerprint density at radius 3 is 2.26 bits per heavy atom. The van der Waals surface area contributed by atoms with Crippen LogP contribution in [-0.2, 0) is 0 Å². The molecule has 6 rings (SSSR count). The van der Waals surface area contributed by atoms with Crippen molar-refractivity contribution in [1.82, 2.24) is 0 Å². The minimum Gasteiger partial charge on any atom is -0.454 e. The highest BCUT2D eigenvalue weighted by molar-refractivity contribution is 6.15. The normalized spacial score (nSPS) is 15.0. The quantitative estimate of drug-likeness (QED) is 0.414. The number of carbonyl (C=O) groups excluding carboxylic acids is 1. The molecule has 0 amide bonds. The molecule has 7 heteroatoms. The number of halogens is 1. The molecule has 0 aliphatic carbocycles. The number of H-pyrrole nitrogens is 1. The summed E-state index contributed by atoms with van der Waals surface area (Å²) >= 11 is 0. The number of aromatic amines is 1. The molecule has 4 aromatic rings. The van der Waals surface area contributed by atoms with Crippen molar-refractivity contribution >= 4 is 28.1 Å². The van der Waals surface area contributed by atoms with Crippen LogP contribution in [0.1, 0.15) is 21.5 Å². The molecule has 1 aromatic heterocycles. The molecule has 2 aliphatic rings. The second-order valence-corrected chi connectivity index (χ2v) is 8.95. The summed E-state index contributed by atoms with van der Waals surface area (Å²) in [5.41, 5.74) is 5.14. The van der Waals surface area contributed by atoms with Crippen molar-refractivity contribution < 1.29 is 23.6 Å². The van der Waals surface area contributed by atoms with Crippen molar-refractivity contribution in [3.05, 3.63) is 89.4 Å². The van der Waals surface area contributed by atoms with Crippen LogP contribution in [0.3, 0.4) is 0 Å². The third-order valence-corrected chi connectivity index (χ3v) is 6.74.